The fourth-order valence-corrected chi connectivity index (χ4v) is 6.30. The van der Waals surface area contributed by atoms with E-state index in [-0.39, 0.29) is 51.0 Å². The van der Waals surface area contributed by atoms with Crippen LogP contribution in [0, 0.1) is 29.1 Å². The fraction of sp³-hybridized carbons (Fsp3) is 0.652. The Morgan fingerprint density at radius 3 is 1.81 bits per heavy atom. The normalized spacial score (nSPS) is 32.7. The minimum absolute atomic E-state index is 0. The van der Waals surface area contributed by atoms with Crippen LogP contribution in [0.4, 0.5) is 0 Å². The Bertz CT molecular complexity index is 561. The van der Waals surface area contributed by atoms with E-state index >= 15 is 0 Å². The van der Waals surface area contributed by atoms with E-state index in [9.17, 15) is 5.11 Å². The van der Waals surface area contributed by atoms with Crippen molar-refractivity contribution in [3.63, 3.8) is 0 Å². The van der Waals surface area contributed by atoms with Crippen LogP contribution in [-0.2, 0) is 26.2 Å². The number of allylic oxidation sites excluding steroid dienone is 8. The summed E-state index contributed by atoms with van der Waals surface area (Å²) in [6.07, 6.45) is 24.2. The number of hydrogen-bond acceptors (Lipinski definition) is 1. The summed E-state index contributed by atoms with van der Waals surface area (Å²) in [6.45, 7) is 2.89. The Balaban J connectivity index is 0.00000121. The predicted octanol–water partition coefficient (Wildman–Crippen LogP) is -0.404. The molecule has 0 saturated heterocycles. The molecule has 4 unspecified atom stereocenters. The molecule has 0 bridgehead atoms. The van der Waals surface area contributed by atoms with Gasteiger partial charge in [-0.05, 0) is 80.5 Å². The zero-order valence-electron chi connectivity index (χ0n) is 16.3. The summed E-state index contributed by atoms with van der Waals surface area (Å²) in [6, 6.07) is 0. The summed E-state index contributed by atoms with van der Waals surface area (Å²) in [7, 11) is 0. The molecule has 1 nitrogen and oxygen atoms in total. The van der Waals surface area contributed by atoms with E-state index in [0.717, 1.165) is 30.1 Å². The van der Waals surface area contributed by atoms with Gasteiger partial charge in [0.25, 0.3) is 0 Å². The fourth-order valence-electron chi connectivity index (χ4n) is 6.30. The number of aliphatic hydroxyl groups is 1. The molecule has 0 aliphatic heterocycles. The zero-order chi connectivity index (χ0) is 16.6. The van der Waals surface area contributed by atoms with Gasteiger partial charge in [0, 0.05) is 6.61 Å². The summed E-state index contributed by atoms with van der Waals surface area (Å²) in [4.78, 5) is 0. The quantitative estimate of drug-likeness (QED) is 0.561. The van der Waals surface area contributed by atoms with E-state index in [1.807, 2.05) is 0 Å². The molecule has 0 amide bonds. The number of halogens is 2. The van der Waals surface area contributed by atoms with Gasteiger partial charge in [0.1, 0.15) is 0 Å². The molecule has 148 valence electrons. The van der Waals surface area contributed by atoms with Crippen molar-refractivity contribution in [3.05, 3.63) is 47.6 Å². The molecule has 1 N–H and O–H groups in total. The van der Waals surface area contributed by atoms with Crippen molar-refractivity contribution in [1.82, 2.24) is 0 Å². The first-order valence-corrected chi connectivity index (χ1v) is 10.1. The molecule has 0 aromatic rings. The molecule has 4 rings (SSSR count). The summed E-state index contributed by atoms with van der Waals surface area (Å²) >= 11 is 0. The predicted molar refractivity (Wildman–Crippen MR) is 101 cm³/mol. The van der Waals surface area contributed by atoms with Gasteiger partial charge in [-0.1, -0.05) is 54.5 Å². The molecule has 2 fully saturated rings. The van der Waals surface area contributed by atoms with Crippen LogP contribution in [0.15, 0.2) is 47.6 Å². The van der Waals surface area contributed by atoms with Crippen molar-refractivity contribution in [2.45, 2.75) is 58.3 Å². The molecule has 0 aromatic carbocycles. The first-order chi connectivity index (χ1) is 11.7. The van der Waals surface area contributed by atoms with Crippen molar-refractivity contribution in [2.24, 2.45) is 29.1 Å². The van der Waals surface area contributed by atoms with E-state index in [0.29, 0.717) is 12.0 Å². The smallest absolute Gasteiger partial charge is 1.00 e. The van der Waals surface area contributed by atoms with Crippen LogP contribution in [0.5, 0.6) is 0 Å². The molecule has 0 spiro atoms. The number of fused-ring (bicyclic) bond motifs is 2. The van der Waals surface area contributed by atoms with Crippen molar-refractivity contribution in [2.75, 3.05) is 6.61 Å². The summed E-state index contributed by atoms with van der Waals surface area (Å²) < 4.78 is 0. The van der Waals surface area contributed by atoms with Crippen LogP contribution in [0.25, 0.3) is 0 Å². The van der Waals surface area contributed by atoms with Gasteiger partial charge in [0.2, 0.25) is 0 Å². The third kappa shape index (κ3) is 4.76. The summed E-state index contributed by atoms with van der Waals surface area (Å²) in [5.74, 6) is 3.03. The van der Waals surface area contributed by atoms with E-state index < -0.39 is 0 Å². The van der Waals surface area contributed by atoms with Crippen molar-refractivity contribution in [1.29, 1.82) is 0 Å². The second-order valence-corrected chi connectivity index (χ2v) is 8.65. The first-order valence-electron chi connectivity index (χ1n) is 10.1. The Hall–Kier alpha value is 0.383. The van der Waals surface area contributed by atoms with E-state index in [2.05, 4.69) is 43.4 Å². The van der Waals surface area contributed by atoms with Gasteiger partial charge in [-0.15, -0.1) is 0 Å². The van der Waals surface area contributed by atoms with E-state index in [1.54, 1.807) is 11.1 Å². The van der Waals surface area contributed by atoms with Crippen molar-refractivity contribution in [3.8, 4) is 0 Å². The molecule has 4 atom stereocenters. The number of aliphatic hydroxyl groups excluding tert-OH is 1. The maximum Gasteiger partial charge on any atom is 2.00 e. The Kier molecular flexibility index (Phi) is 10.3. The average Bonchev–Trinajstić information content (AvgIpc) is 3.24. The molecule has 27 heavy (non-hydrogen) atoms. The van der Waals surface area contributed by atoms with Crippen LogP contribution in [0.3, 0.4) is 0 Å². The van der Waals surface area contributed by atoms with Gasteiger partial charge in [0.05, 0.1) is 0 Å². The van der Waals surface area contributed by atoms with Crippen LogP contribution in [-0.4, -0.2) is 11.7 Å². The van der Waals surface area contributed by atoms with Gasteiger partial charge < -0.3 is 29.9 Å². The summed E-state index contributed by atoms with van der Waals surface area (Å²) in [5, 5.41) is 9.53. The van der Waals surface area contributed by atoms with Gasteiger partial charge in [0.15, 0.2) is 0 Å². The first kappa shape index (κ1) is 25.4. The minimum atomic E-state index is 0. The van der Waals surface area contributed by atoms with Gasteiger partial charge in [-0.3, -0.25) is 0 Å². The zero-order valence-corrected chi connectivity index (χ0v) is 20.3. The standard InChI is InChI=1S/C23H32O.2ClH.Zr/c1-23(15-6-16-24,21-13-11-17-7-2-4-9-19(17)21)22-14-12-18-8-3-5-10-20(18)22;;;/h2-5,9-10,17-18,21-22,24H,6-8,11-16H2,1H3;2*1H;/q;;;+2/p-2. The monoisotopic (exact) mass is 484 g/mol. The Labute approximate surface area is 196 Å². The minimum Gasteiger partial charge on any atom is -1.00 e. The SMILES string of the molecule is CC(CCCO)(C1CCC2CC=CC=C21)C1CCC2CC=CC=C21.[Cl-].[Cl-].[Zr+2]. The maximum atomic E-state index is 9.53. The molecule has 4 aliphatic carbocycles. The van der Waals surface area contributed by atoms with Crippen LogP contribution in [0.2, 0.25) is 0 Å². The molecule has 0 radical (unpaired) electrons. The van der Waals surface area contributed by atoms with Crippen LogP contribution >= 0.6 is 0 Å². The maximum absolute atomic E-state index is 9.53. The molecule has 0 aromatic heterocycles. The second kappa shape index (κ2) is 11.0. The largest absolute Gasteiger partial charge is 2.00 e. The molecular formula is C23H32Cl2OZr. The molecular weight excluding hydrogens is 454 g/mol. The average molecular weight is 487 g/mol. The summed E-state index contributed by atoms with van der Waals surface area (Å²) in [5.41, 5.74) is 3.78. The van der Waals surface area contributed by atoms with Gasteiger partial charge >= 0.3 is 26.2 Å². The van der Waals surface area contributed by atoms with Crippen molar-refractivity contribution >= 4 is 0 Å². The van der Waals surface area contributed by atoms with Crippen LogP contribution in [0.1, 0.15) is 58.3 Å². The van der Waals surface area contributed by atoms with Crippen molar-refractivity contribution < 1.29 is 56.1 Å². The van der Waals surface area contributed by atoms with Gasteiger partial charge in [-0.2, -0.15) is 0 Å². The van der Waals surface area contributed by atoms with Crippen LogP contribution < -0.4 is 24.8 Å². The number of rotatable bonds is 5. The molecule has 2 saturated carbocycles. The third-order valence-electron chi connectivity index (χ3n) is 7.51. The topological polar surface area (TPSA) is 20.2 Å². The molecule has 4 heteroatoms. The van der Waals surface area contributed by atoms with Gasteiger partial charge in [-0.25, -0.2) is 0 Å². The third-order valence-corrected chi connectivity index (χ3v) is 7.51. The van der Waals surface area contributed by atoms with E-state index in [1.165, 1.54) is 44.9 Å². The molecule has 4 aliphatic rings. The second-order valence-electron chi connectivity index (χ2n) is 8.65. The Morgan fingerprint density at radius 1 is 0.889 bits per heavy atom. The Morgan fingerprint density at radius 2 is 1.37 bits per heavy atom. The number of hydrogen-bond donors (Lipinski definition) is 1. The molecule has 0 heterocycles. The van der Waals surface area contributed by atoms with E-state index in [4.69, 9.17) is 0 Å².